The predicted molar refractivity (Wildman–Crippen MR) is 106 cm³/mol. The van der Waals surface area contributed by atoms with E-state index in [4.69, 9.17) is 0 Å². The Morgan fingerprint density at radius 3 is 2.37 bits per heavy atom. The third-order valence-electron chi connectivity index (χ3n) is 4.80. The van der Waals surface area contributed by atoms with Gasteiger partial charge in [-0.05, 0) is 23.5 Å². The molecule has 0 aliphatic rings. The summed E-state index contributed by atoms with van der Waals surface area (Å²) in [6.07, 6.45) is 0. The maximum absolute atomic E-state index is 13.5. The standard InChI is InChI=1S/C20H26FN5O/c1-12(13-7-9-14(10-8-13)20(2,3)4)26-17-16(15(11-21)24-26)18(27)23-19(22-17)25(5)6/h7-10,12H,11H2,1-6H3,(H,22,23,27)/t12-/m1/s1. The van der Waals surface area contributed by atoms with Crippen molar-refractivity contribution in [2.24, 2.45) is 0 Å². The smallest absolute Gasteiger partial charge is 0.263 e. The van der Waals surface area contributed by atoms with Crippen LogP contribution in [0.2, 0.25) is 0 Å². The molecular formula is C20H26FN5O. The molecule has 2 aromatic heterocycles. The van der Waals surface area contributed by atoms with Gasteiger partial charge in [0.2, 0.25) is 5.95 Å². The number of nitrogens with zero attached hydrogens (tertiary/aromatic N) is 4. The molecule has 27 heavy (non-hydrogen) atoms. The average Bonchev–Trinajstić information content (AvgIpc) is 2.99. The Labute approximate surface area is 158 Å². The fraction of sp³-hybridized carbons (Fsp3) is 0.450. The van der Waals surface area contributed by atoms with E-state index in [2.05, 4.69) is 48.0 Å². The first-order valence-electron chi connectivity index (χ1n) is 8.98. The SMILES string of the molecule is C[C@H](c1ccc(C(C)(C)C)cc1)n1nc(CF)c2c(=O)[nH]c(N(C)C)nc21. The van der Waals surface area contributed by atoms with Crippen molar-refractivity contribution in [1.29, 1.82) is 0 Å². The first kappa shape index (κ1) is 19.1. The fourth-order valence-corrected chi connectivity index (χ4v) is 3.08. The number of alkyl halides is 1. The Hall–Kier alpha value is -2.70. The molecule has 0 aliphatic carbocycles. The number of nitrogens with one attached hydrogen (secondary N) is 1. The van der Waals surface area contributed by atoms with Crippen LogP contribution in [0, 0.1) is 0 Å². The molecule has 1 aromatic carbocycles. The van der Waals surface area contributed by atoms with Crippen LogP contribution in [0.4, 0.5) is 10.3 Å². The Bertz CT molecular complexity index is 1010. The first-order chi connectivity index (χ1) is 12.6. The van der Waals surface area contributed by atoms with Gasteiger partial charge >= 0.3 is 0 Å². The molecule has 3 aromatic rings. The molecular weight excluding hydrogens is 345 g/mol. The number of fused-ring (bicyclic) bond motifs is 1. The Morgan fingerprint density at radius 2 is 1.85 bits per heavy atom. The highest BCUT2D eigenvalue weighted by Crippen LogP contribution is 2.27. The summed E-state index contributed by atoms with van der Waals surface area (Å²) in [5.74, 6) is 0.411. The van der Waals surface area contributed by atoms with Gasteiger partial charge in [0.05, 0.1) is 6.04 Å². The van der Waals surface area contributed by atoms with Gasteiger partial charge in [0, 0.05) is 14.1 Å². The number of hydrogen-bond donors (Lipinski definition) is 1. The monoisotopic (exact) mass is 371 g/mol. The molecule has 0 saturated heterocycles. The Morgan fingerprint density at radius 1 is 1.22 bits per heavy atom. The third kappa shape index (κ3) is 3.46. The largest absolute Gasteiger partial charge is 0.348 e. The fourth-order valence-electron chi connectivity index (χ4n) is 3.08. The van der Waals surface area contributed by atoms with Crippen molar-refractivity contribution in [2.45, 2.75) is 45.8 Å². The second kappa shape index (κ2) is 6.79. The van der Waals surface area contributed by atoms with Gasteiger partial charge in [-0.1, -0.05) is 45.0 Å². The van der Waals surface area contributed by atoms with Crippen LogP contribution in [0.5, 0.6) is 0 Å². The summed E-state index contributed by atoms with van der Waals surface area (Å²) < 4.78 is 15.1. The normalized spacial score (nSPS) is 13.1. The number of aromatic nitrogens is 4. The van der Waals surface area contributed by atoms with Crippen LogP contribution in [-0.4, -0.2) is 33.8 Å². The van der Waals surface area contributed by atoms with Gasteiger partial charge in [-0.3, -0.25) is 9.78 Å². The van der Waals surface area contributed by atoms with E-state index in [0.717, 1.165) is 5.56 Å². The number of hydrogen-bond acceptors (Lipinski definition) is 4. The average molecular weight is 371 g/mol. The van der Waals surface area contributed by atoms with Crippen molar-refractivity contribution in [3.63, 3.8) is 0 Å². The van der Waals surface area contributed by atoms with E-state index in [1.54, 1.807) is 23.7 Å². The van der Waals surface area contributed by atoms with E-state index in [1.165, 1.54) is 5.56 Å². The summed E-state index contributed by atoms with van der Waals surface area (Å²) in [5.41, 5.74) is 2.45. The van der Waals surface area contributed by atoms with Crippen molar-refractivity contribution >= 4 is 17.0 Å². The summed E-state index contributed by atoms with van der Waals surface area (Å²) in [4.78, 5) is 21.4. The lowest BCUT2D eigenvalue weighted by Crippen LogP contribution is -2.20. The van der Waals surface area contributed by atoms with Crippen LogP contribution in [0.15, 0.2) is 29.1 Å². The summed E-state index contributed by atoms with van der Waals surface area (Å²) in [7, 11) is 3.57. The van der Waals surface area contributed by atoms with Crippen molar-refractivity contribution < 1.29 is 4.39 Å². The van der Waals surface area contributed by atoms with Crippen LogP contribution < -0.4 is 10.5 Å². The van der Waals surface area contributed by atoms with E-state index in [0.29, 0.717) is 11.6 Å². The molecule has 0 unspecified atom stereocenters. The minimum atomic E-state index is -0.814. The molecule has 0 radical (unpaired) electrons. The maximum atomic E-state index is 13.5. The van der Waals surface area contributed by atoms with Crippen molar-refractivity contribution in [3.05, 3.63) is 51.4 Å². The van der Waals surface area contributed by atoms with E-state index in [-0.39, 0.29) is 28.1 Å². The van der Waals surface area contributed by atoms with Gasteiger partial charge in [0.25, 0.3) is 5.56 Å². The molecule has 0 spiro atoms. The molecule has 1 atom stereocenters. The molecule has 7 heteroatoms. The molecule has 144 valence electrons. The van der Waals surface area contributed by atoms with Gasteiger partial charge in [0.1, 0.15) is 17.8 Å². The van der Waals surface area contributed by atoms with E-state index < -0.39 is 6.67 Å². The topological polar surface area (TPSA) is 66.8 Å². The zero-order chi connectivity index (χ0) is 19.9. The molecule has 6 nitrogen and oxygen atoms in total. The summed E-state index contributed by atoms with van der Waals surface area (Å²) >= 11 is 0. The Kier molecular flexibility index (Phi) is 4.80. The number of H-pyrrole nitrogens is 1. The van der Waals surface area contributed by atoms with Gasteiger partial charge in [0.15, 0.2) is 5.65 Å². The van der Waals surface area contributed by atoms with Crippen LogP contribution in [0.1, 0.15) is 50.6 Å². The quantitative estimate of drug-likeness (QED) is 0.761. The van der Waals surface area contributed by atoms with Crippen molar-refractivity contribution in [3.8, 4) is 0 Å². The number of benzene rings is 1. The summed E-state index contributed by atoms with van der Waals surface area (Å²) in [6.45, 7) is 7.65. The van der Waals surface area contributed by atoms with Crippen LogP contribution >= 0.6 is 0 Å². The first-order valence-corrected chi connectivity index (χ1v) is 8.98. The van der Waals surface area contributed by atoms with Gasteiger partial charge < -0.3 is 4.90 Å². The van der Waals surface area contributed by atoms with E-state index in [9.17, 15) is 9.18 Å². The second-order valence-corrected chi connectivity index (χ2v) is 8.06. The number of halogens is 1. The van der Waals surface area contributed by atoms with E-state index in [1.807, 2.05) is 19.1 Å². The lowest BCUT2D eigenvalue weighted by molar-refractivity contribution is 0.465. The second-order valence-electron chi connectivity index (χ2n) is 8.06. The van der Waals surface area contributed by atoms with Gasteiger partial charge in [-0.15, -0.1) is 0 Å². The van der Waals surface area contributed by atoms with Gasteiger partial charge in [-0.25, -0.2) is 9.07 Å². The molecule has 3 rings (SSSR count). The predicted octanol–water partition coefficient (Wildman–Crippen LogP) is 3.56. The van der Waals surface area contributed by atoms with Crippen LogP contribution in [0.3, 0.4) is 0 Å². The summed E-state index contributed by atoms with van der Waals surface area (Å²) in [6, 6.07) is 8.10. The minimum Gasteiger partial charge on any atom is -0.348 e. The maximum Gasteiger partial charge on any atom is 0.263 e. The Balaban J connectivity index is 2.14. The number of anilines is 1. The highest BCUT2D eigenvalue weighted by Gasteiger charge is 2.22. The molecule has 2 heterocycles. The minimum absolute atomic E-state index is 0.0665. The summed E-state index contributed by atoms with van der Waals surface area (Å²) in [5, 5.41) is 4.57. The molecule has 0 saturated carbocycles. The zero-order valence-electron chi connectivity index (χ0n) is 16.7. The third-order valence-corrected chi connectivity index (χ3v) is 4.80. The van der Waals surface area contributed by atoms with E-state index >= 15 is 0 Å². The number of rotatable bonds is 4. The molecule has 0 aliphatic heterocycles. The van der Waals surface area contributed by atoms with Crippen LogP contribution in [0.25, 0.3) is 11.0 Å². The van der Waals surface area contributed by atoms with Crippen molar-refractivity contribution in [2.75, 3.05) is 19.0 Å². The molecule has 0 fully saturated rings. The van der Waals surface area contributed by atoms with Gasteiger partial charge in [-0.2, -0.15) is 10.1 Å². The lowest BCUT2D eigenvalue weighted by Gasteiger charge is -2.20. The molecule has 0 amide bonds. The highest BCUT2D eigenvalue weighted by atomic mass is 19.1. The molecule has 1 N–H and O–H groups in total. The highest BCUT2D eigenvalue weighted by molar-refractivity contribution is 5.78. The lowest BCUT2D eigenvalue weighted by atomic mass is 9.86. The number of aromatic amines is 1. The van der Waals surface area contributed by atoms with Crippen LogP contribution in [-0.2, 0) is 12.1 Å². The zero-order valence-corrected chi connectivity index (χ0v) is 16.7. The molecule has 0 bridgehead atoms. The van der Waals surface area contributed by atoms with Crippen molar-refractivity contribution in [1.82, 2.24) is 19.7 Å².